The van der Waals surface area contributed by atoms with Gasteiger partial charge in [0.05, 0.1) is 6.26 Å². The lowest BCUT2D eigenvalue weighted by Crippen LogP contribution is -2.36. The lowest BCUT2D eigenvalue weighted by Gasteiger charge is -2.18. The van der Waals surface area contributed by atoms with Crippen molar-refractivity contribution in [3.8, 4) is 0 Å². The van der Waals surface area contributed by atoms with Crippen LogP contribution in [0.3, 0.4) is 0 Å². The van der Waals surface area contributed by atoms with Crippen molar-refractivity contribution in [3.05, 3.63) is 35.9 Å². The molecule has 0 atom stereocenters. The summed E-state index contributed by atoms with van der Waals surface area (Å²) in [6.45, 7) is 0.907. The van der Waals surface area contributed by atoms with Gasteiger partial charge in [0.1, 0.15) is 0 Å². The Kier molecular flexibility index (Phi) is 5.97. The minimum absolute atomic E-state index is 0.0811. The van der Waals surface area contributed by atoms with E-state index in [2.05, 4.69) is 17.4 Å². The van der Waals surface area contributed by atoms with Crippen LogP contribution >= 0.6 is 0 Å². The van der Waals surface area contributed by atoms with Crippen LogP contribution in [-0.4, -0.2) is 44.0 Å². The summed E-state index contributed by atoms with van der Waals surface area (Å²) in [5, 5.41) is 2.86. The second-order valence-electron chi connectivity index (χ2n) is 5.79. The van der Waals surface area contributed by atoms with Crippen LogP contribution in [0.1, 0.15) is 31.2 Å². The fourth-order valence-electron chi connectivity index (χ4n) is 2.45. The van der Waals surface area contributed by atoms with E-state index >= 15 is 0 Å². The van der Waals surface area contributed by atoms with E-state index < -0.39 is 10.0 Å². The number of aryl methyl sites for hydroxylation is 1. The number of rotatable bonds is 9. The summed E-state index contributed by atoms with van der Waals surface area (Å²) >= 11 is 0. The molecule has 1 amide bonds. The van der Waals surface area contributed by atoms with Crippen molar-refractivity contribution in [3.63, 3.8) is 0 Å². The Morgan fingerprint density at radius 2 is 1.95 bits per heavy atom. The van der Waals surface area contributed by atoms with Crippen molar-refractivity contribution in [2.45, 2.75) is 38.1 Å². The molecule has 1 fully saturated rings. The van der Waals surface area contributed by atoms with Crippen LogP contribution < -0.4 is 5.32 Å². The van der Waals surface area contributed by atoms with E-state index in [0.29, 0.717) is 6.54 Å². The average Bonchev–Trinajstić information content (AvgIpc) is 3.28. The number of carbonyl (C=O) groups excluding carboxylic acids is 1. The van der Waals surface area contributed by atoms with Crippen molar-refractivity contribution in [1.29, 1.82) is 0 Å². The third-order valence-corrected chi connectivity index (χ3v) is 5.08. The number of hydrogen-bond acceptors (Lipinski definition) is 3. The number of nitrogens with zero attached hydrogens (tertiary/aromatic N) is 1. The molecule has 2 rings (SSSR count). The molecule has 1 aliphatic carbocycles. The van der Waals surface area contributed by atoms with E-state index in [1.54, 1.807) is 0 Å². The van der Waals surface area contributed by atoms with Crippen LogP contribution in [0, 0.1) is 0 Å². The third-order valence-electron chi connectivity index (χ3n) is 3.75. The lowest BCUT2D eigenvalue weighted by molar-refractivity contribution is -0.121. The smallest absolute Gasteiger partial charge is 0.221 e. The SMILES string of the molecule is CS(=O)(=O)N(CCC(=O)NCCCc1ccccc1)C1CC1. The highest BCUT2D eigenvalue weighted by molar-refractivity contribution is 7.88. The standard InChI is InChI=1S/C16H24N2O3S/c1-22(20,21)18(15-9-10-15)13-11-16(19)17-12-5-8-14-6-3-2-4-7-14/h2-4,6-7,15H,5,8-13H2,1H3,(H,17,19). The predicted molar refractivity (Wildman–Crippen MR) is 87.0 cm³/mol. The maximum Gasteiger partial charge on any atom is 0.221 e. The van der Waals surface area contributed by atoms with Gasteiger partial charge in [0, 0.05) is 25.6 Å². The largest absolute Gasteiger partial charge is 0.356 e. The monoisotopic (exact) mass is 324 g/mol. The molecular formula is C16H24N2O3S. The Balaban J connectivity index is 1.63. The fraction of sp³-hybridized carbons (Fsp3) is 0.562. The number of nitrogens with one attached hydrogen (secondary N) is 1. The summed E-state index contributed by atoms with van der Waals surface area (Å²) in [6, 6.07) is 10.2. The molecule has 1 N–H and O–H groups in total. The molecule has 1 aromatic rings. The average molecular weight is 324 g/mol. The maximum atomic E-state index is 11.8. The quantitative estimate of drug-likeness (QED) is 0.701. The zero-order chi connectivity index (χ0) is 16.0. The number of amides is 1. The van der Waals surface area contributed by atoms with Crippen LogP contribution in [0.25, 0.3) is 0 Å². The molecule has 0 radical (unpaired) electrons. The van der Waals surface area contributed by atoms with Gasteiger partial charge in [-0.15, -0.1) is 0 Å². The molecular weight excluding hydrogens is 300 g/mol. The molecule has 1 aliphatic rings. The zero-order valence-corrected chi connectivity index (χ0v) is 13.8. The molecule has 0 spiro atoms. The minimum atomic E-state index is -3.21. The van der Waals surface area contributed by atoms with Gasteiger partial charge >= 0.3 is 0 Å². The Bertz CT molecular complexity index is 583. The van der Waals surface area contributed by atoms with Crippen molar-refractivity contribution < 1.29 is 13.2 Å². The van der Waals surface area contributed by atoms with Gasteiger partial charge in [0.2, 0.25) is 15.9 Å². The van der Waals surface area contributed by atoms with E-state index in [0.717, 1.165) is 25.7 Å². The van der Waals surface area contributed by atoms with Crippen molar-refractivity contribution >= 4 is 15.9 Å². The Hall–Kier alpha value is -1.40. The highest BCUT2D eigenvalue weighted by atomic mass is 32.2. The van der Waals surface area contributed by atoms with Crippen molar-refractivity contribution in [2.24, 2.45) is 0 Å². The topological polar surface area (TPSA) is 66.5 Å². The Morgan fingerprint density at radius 1 is 1.27 bits per heavy atom. The highest BCUT2D eigenvalue weighted by Crippen LogP contribution is 2.28. The van der Waals surface area contributed by atoms with E-state index in [4.69, 9.17) is 0 Å². The Morgan fingerprint density at radius 3 is 2.55 bits per heavy atom. The van der Waals surface area contributed by atoms with Crippen molar-refractivity contribution in [1.82, 2.24) is 9.62 Å². The first-order valence-electron chi connectivity index (χ1n) is 7.74. The van der Waals surface area contributed by atoms with Crippen LogP contribution in [0.5, 0.6) is 0 Å². The molecule has 6 heteroatoms. The normalized spacial score (nSPS) is 15.0. The molecule has 0 unspecified atom stereocenters. The van der Waals surface area contributed by atoms with Gasteiger partial charge < -0.3 is 5.32 Å². The molecule has 0 aliphatic heterocycles. The Labute approximate surface area is 132 Å². The molecule has 0 heterocycles. The van der Waals surface area contributed by atoms with Gasteiger partial charge in [-0.05, 0) is 31.2 Å². The lowest BCUT2D eigenvalue weighted by atomic mass is 10.1. The van der Waals surface area contributed by atoms with E-state index in [1.807, 2.05) is 18.2 Å². The molecule has 0 bridgehead atoms. The number of hydrogen-bond donors (Lipinski definition) is 1. The van der Waals surface area contributed by atoms with Gasteiger partial charge in [0.25, 0.3) is 0 Å². The number of sulfonamides is 1. The van der Waals surface area contributed by atoms with Crippen LogP contribution in [0.2, 0.25) is 0 Å². The van der Waals surface area contributed by atoms with Gasteiger partial charge in [-0.3, -0.25) is 4.79 Å². The van der Waals surface area contributed by atoms with E-state index in [-0.39, 0.29) is 24.9 Å². The first-order chi connectivity index (χ1) is 10.5. The highest BCUT2D eigenvalue weighted by Gasteiger charge is 2.34. The number of benzene rings is 1. The van der Waals surface area contributed by atoms with Crippen LogP contribution in [0.15, 0.2) is 30.3 Å². The maximum absolute atomic E-state index is 11.8. The van der Waals surface area contributed by atoms with Crippen LogP contribution in [0.4, 0.5) is 0 Å². The van der Waals surface area contributed by atoms with Gasteiger partial charge in [0.15, 0.2) is 0 Å². The van der Waals surface area contributed by atoms with Gasteiger partial charge in [-0.1, -0.05) is 30.3 Å². The van der Waals surface area contributed by atoms with Gasteiger partial charge in [-0.25, -0.2) is 8.42 Å². The molecule has 0 aromatic heterocycles. The second-order valence-corrected chi connectivity index (χ2v) is 7.73. The summed E-state index contributed by atoms with van der Waals surface area (Å²) in [6.07, 6.45) is 5.07. The summed E-state index contributed by atoms with van der Waals surface area (Å²) in [5.74, 6) is -0.0811. The van der Waals surface area contributed by atoms with E-state index in [9.17, 15) is 13.2 Å². The summed E-state index contributed by atoms with van der Waals surface area (Å²) in [5.41, 5.74) is 1.26. The van der Waals surface area contributed by atoms with Crippen LogP contribution in [-0.2, 0) is 21.2 Å². The van der Waals surface area contributed by atoms with E-state index in [1.165, 1.54) is 16.1 Å². The first-order valence-corrected chi connectivity index (χ1v) is 9.59. The molecule has 1 saturated carbocycles. The fourth-order valence-corrected chi connectivity index (χ4v) is 3.62. The molecule has 5 nitrogen and oxygen atoms in total. The first kappa shape index (κ1) is 17.0. The zero-order valence-electron chi connectivity index (χ0n) is 13.0. The number of carbonyl (C=O) groups is 1. The molecule has 22 heavy (non-hydrogen) atoms. The summed E-state index contributed by atoms with van der Waals surface area (Å²) < 4.78 is 24.7. The van der Waals surface area contributed by atoms with Gasteiger partial charge in [-0.2, -0.15) is 4.31 Å². The summed E-state index contributed by atoms with van der Waals surface area (Å²) in [4.78, 5) is 11.8. The third kappa shape index (κ3) is 5.77. The molecule has 1 aromatic carbocycles. The van der Waals surface area contributed by atoms with Crippen molar-refractivity contribution in [2.75, 3.05) is 19.3 Å². The molecule has 0 saturated heterocycles. The predicted octanol–water partition coefficient (Wildman–Crippen LogP) is 1.55. The summed E-state index contributed by atoms with van der Waals surface area (Å²) in [7, 11) is -3.21. The minimum Gasteiger partial charge on any atom is -0.356 e. The second kappa shape index (κ2) is 7.74. The molecule has 122 valence electrons.